The number of fused-ring (bicyclic) bond motifs is 1. The third-order valence-corrected chi connectivity index (χ3v) is 5.97. The number of carbonyl (C=O) groups is 2. The van der Waals surface area contributed by atoms with Crippen molar-refractivity contribution in [3.05, 3.63) is 95.1 Å². The quantitative estimate of drug-likeness (QED) is 0.391. The molecular formula is C28H26O6. The number of allylic oxidation sites excluding steroid dienone is 1. The Morgan fingerprint density at radius 3 is 2.41 bits per heavy atom. The number of aliphatic carboxylic acids is 1. The summed E-state index contributed by atoms with van der Waals surface area (Å²) in [6.07, 6.45) is 3.91. The Morgan fingerprint density at radius 1 is 1.06 bits per heavy atom. The molecule has 3 aromatic carbocycles. The molecule has 174 valence electrons. The minimum absolute atomic E-state index is 0.0388. The lowest BCUT2D eigenvalue weighted by Crippen LogP contribution is -2.21. The Morgan fingerprint density at radius 2 is 1.74 bits per heavy atom. The molecule has 1 aliphatic heterocycles. The van der Waals surface area contributed by atoms with Gasteiger partial charge in [0.25, 0.3) is 0 Å². The molecule has 4 rings (SSSR count). The minimum atomic E-state index is -0.916. The number of hydrogen-bond donors (Lipinski definition) is 3. The Balaban J connectivity index is 1.69. The number of phenols is 2. The van der Waals surface area contributed by atoms with E-state index in [1.54, 1.807) is 0 Å². The number of hydrogen-bond acceptors (Lipinski definition) is 5. The number of carbonyl (C=O) groups excluding carboxylic acids is 1. The summed E-state index contributed by atoms with van der Waals surface area (Å²) in [6, 6.07) is 20.2. The van der Waals surface area contributed by atoms with Gasteiger partial charge in [0.15, 0.2) is 5.78 Å². The third-order valence-electron chi connectivity index (χ3n) is 5.97. The maximum atomic E-state index is 13.0. The monoisotopic (exact) mass is 458 g/mol. The van der Waals surface area contributed by atoms with Crippen LogP contribution in [0.25, 0.3) is 6.08 Å². The Kier molecular flexibility index (Phi) is 6.97. The highest BCUT2D eigenvalue weighted by Gasteiger charge is 2.34. The van der Waals surface area contributed by atoms with E-state index < -0.39 is 18.0 Å². The van der Waals surface area contributed by atoms with E-state index >= 15 is 0 Å². The number of Topliss-reactive ketones (excluding diaryl/α,β-unsaturated/α-hetero) is 1. The van der Waals surface area contributed by atoms with Crippen LogP contribution in [0, 0.1) is 0 Å². The average Bonchev–Trinajstić information content (AvgIpc) is 2.82. The van der Waals surface area contributed by atoms with Crippen molar-refractivity contribution in [1.29, 1.82) is 0 Å². The summed E-state index contributed by atoms with van der Waals surface area (Å²) in [5, 5.41) is 31.0. The number of carboxylic acids is 1. The van der Waals surface area contributed by atoms with E-state index in [0.29, 0.717) is 12.8 Å². The Labute approximate surface area is 197 Å². The van der Waals surface area contributed by atoms with Crippen molar-refractivity contribution in [1.82, 2.24) is 0 Å². The Hall–Kier alpha value is -4.06. The maximum absolute atomic E-state index is 13.0. The van der Waals surface area contributed by atoms with Crippen molar-refractivity contribution in [2.45, 2.75) is 37.7 Å². The van der Waals surface area contributed by atoms with Crippen LogP contribution in [0.1, 0.15) is 64.8 Å². The summed E-state index contributed by atoms with van der Waals surface area (Å²) in [6.45, 7) is 0. The fourth-order valence-corrected chi connectivity index (χ4v) is 4.30. The van der Waals surface area contributed by atoms with Crippen LogP contribution in [0.2, 0.25) is 0 Å². The maximum Gasteiger partial charge on any atom is 0.303 e. The summed E-state index contributed by atoms with van der Waals surface area (Å²) in [5.41, 5.74) is 2.01. The number of benzene rings is 3. The molecule has 0 spiro atoms. The number of carboxylic acid groups (broad SMARTS) is 1. The lowest BCUT2D eigenvalue weighted by Gasteiger charge is -2.28. The first-order chi connectivity index (χ1) is 16.4. The van der Waals surface area contributed by atoms with Gasteiger partial charge >= 0.3 is 5.97 Å². The second kappa shape index (κ2) is 10.3. The smallest absolute Gasteiger partial charge is 0.303 e. The van der Waals surface area contributed by atoms with Crippen LogP contribution in [0.3, 0.4) is 0 Å². The molecule has 0 saturated carbocycles. The predicted molar refractivity (Wildman–Crippen MR) is 128 cm³/mol. The molecule has 1 aliphatic rings. The topological polar surface area (TPSA) is 104 Å². The van der Waals surface area contributed by atoms with Crippen LogP contribution < -0.4 is 4.74 Å². The molecule has 1 heterocycles. The van der Waals surface area contributed by atoms with E-state index in [1.165, 1.54) is 6.07 Å². The van der Waals surface area contributed by atoms with Gasteiger partial charge < -0.3 is 20.1 Å². The van der Waals surface area contributed by atoms with Crippen LogP contribution in [-0.2, 0) is 4.79 Å². The molecule has 0 fully saturated rings. The Bertz CT molecular complexity index is 1200. The molecule has 0 aromatic heterocycles. The zero-order chi connectivity index (χ0) is 24.1. The SMILES string of the molecule is O=C(O)CCC[C@@H](/C=C/c1ccccc1)c1c(O)cc2c(c1O)C(=O)C[C@H](c1ccccc1)O2. The molecule has 2 atom stereocenters. The molecule has 34 heavy (non-hydrogen) atoms. The minimum Gasteiger partial charge on any atom is -0.507 e. The van der Waals surface area contributed by atoms with Gasteiger partial charge in [0.2, 0.25) is 0 Å². The highest BCUT2D eigenvalue weighted by Crippen LogP contribution is 2.48. The molecule has 0 aliphatic carbocycles. The lowest BCUT2D eigenvalue weighted by atomic mass is 9.86. The molecule has 0 saturated heterocycles. The fraction of sp³-hybridized carbons (Fsp3) is 0.214. The largest absolute Gasteiger partial charge is 0.507 e. The normalized spacial score (nSPS) is 16.1. The van der Waals surface area contributed by atoms with E-state index in [2.05, 4.69) is 0 Å². The number of ether oxygens (including phenoxy) is 1. The van der Waals surface area contributed by atoms with Gasteiger partial charge in [-0.05, 0) is 24.0 Å². The van der Waals surface area contributed by atoms with Crippen molar-refractivity contribution in [3.63, 3.8) is 0 Å². The highest BCUT2D eigenvalue weighted by molar-refractivity contribution is 6.03. The van der Waals surface area contributed by atoms with Gasteiger partial charge in [0.1, 0.15) is 28.9 Å². The molecule has 0 bridgehead atoms. The second-order valence-corrected chi connectivity index (χ2v) is 8.34. The van der Waals surface area contributed by atoms with Gasteiger partial charge in [-0.15, -0.1) is 0 Å². The lowest BCUT2D eigenvalue weighted by molar-refractivity contribution is -0.137. The fourth-order valence-electron chi connectivity index (χ4n) is 4.30. The summed E-state index contributed by atoms with van der Waals surface area (Å²) >= 11 is 0. The molecule has 0 amide bonds. The molecule has 3 aromatic rings. The van der Waals surface area contributed by atoms with E-state index in [4.69, 9.17) is 9.84 Å². The number of rotatable bonds is 8. The van der Waals surface area contributed by atoms with Gasteiger partial charge in [-0.25, -0.2) is 0 Å². The van der Waals surface area contributed by atoms with Crippen molar-refractivity contribution in [3.8, 4) is 17.2 Å². The van der Waals surface area contributed by atoms with E-state index in [9.17, 15) is 19.8 Å². The zero-order valence-corrected chi connectivity index (χ0v) is 18.6. The van der Waals surface area contributed by atoms with Crippen molar-refractivity contribution >= 4 is 17.8 Å². The van der Waals surface area contributed by atoms with E-state index in [1.807, 2.05) is 72.8 Å². The van der Waals surface area contributed by atoms with Gasteiger partial charge in [0.05, 0.1) is 6.42 Å². The standard InChI is InChI=1S/C28H26O6/c29-21-17-24-27(22(30)16-23(34-24)19-10-5-2-6-11-19)28(33)26(21)20(12-7-13-25(31)32)15-14-18-8-3-1-4-9-18/h1-6,8-11,14-15,17,20,23,29,33H,7,12-13,16H2,(H,31,32)/b15-14+/t20-,23+/m0/s1. The van der Waals surface area contributed by atoms with Gasteiger partial charge in [-0.3, -0.25) is 9.59 Å². The average molecular weight is 459 g/mol. The first-order valence-electron chi connectivity index (χ1n) is 11.2. The van der Waals surface area contributed by atoms with Crippen molar-refractivity contribution in [2.75, 3.05) is 0 Å². The van der Waals surface area contributed by atoms with E-state index in [0.717, 1.165) is 11.1 Å². The molecule has 0 unspecified atom stereocenters. The number of ketones is 1. The van der Waals surface area contributed by atoms with Gasteiger partial charge in [-0.1, -0.05) is 72.8 Å². The summed E-state index contributed by atoms with van der Waals surface area (Å²) in [5.74, 6) is -2.06. The van der Waals surface area contributed by atoms with Crippen LogP contribution in [0.15, 0.2) is 72.8 Å². The third kappa shape index (κ3) is 5.12. The number of phenolic OH excluding ortho intramolecular Hbond substituents is 2. The van der Waals surface area contributed by atoms with Crippen LogP contribution in [-0.4, -0.2) is 27.1 Å². The predicted octanol–water partition coefficient (Wildman–Crippen LogP) is 5.86. The highest BCUT2D eigenvalue weighted by atomic mass is 16.5. The molecule has 3 N–H and O–H groups in total. The van der Waals surface area contributed by atoms with Crippen molar-refractivity contribution in [2.24, 2.45) is 0 Å². The number of aromatic hydroxyl groups is 2. The van der Waals surface area contributed by atoms with Gasteiger partial charge in [0, 0.05) is 24.0 Å². The van der Waals surface area contributed by atoms with Crippen LogP contribution in [0.5, 0.6) is 17.2 Å². The van der Waals surface area contributed by atoms with Crippen LogP contribution >= 0.6 is 0 Å². The zero-order valence-electron chi connectivity index (χ0n) is 18.6. The van der Waals surface area contributed by atoms with E-state index in [-0.39, 0.29) is 47.0 Å². The molecule has 6 heteroatoms. The first kappa shape index (κ1) is 23.1. The molecule has 6 nitrogen and oxygen atoms in total. The van der Waals surface area contributed by atoms with Crippen molar-refractivity contribution < 1.29 is 29.6 Å². The van der Waals surface area contributed by atoms with Crippen LogP contribution in [0.4, 0.5) is 0 Å². The summed E-state index contributed by atoms with van der Waals surface area (Å²) in [7, 11) is 0. The molecule has 0 radical (unpaired) electrons. The summed E-state index contributed by atoms with van der Waals surface area (Å²) in [4.78, 5) is 24.1. The van der Waals surface area contributed by atoms with Gasteiger partial charge in [-0.2, -0.15) is 0 Å². The molecular weight excluding hydrogens is 432 g/mol. The summed E-state index contributed by atoms with van der Waals surface area (Å²) < 4.78 is 5.99. The second-order valence-electron chi connectivity index (χ2n) is 8.34. The first-order valence-corrected chi connectivity index (χ1v) is 11.2.